The highest BCUT2D eigenvalue weighted by Crippen LogP contribution is 2.44. The van der Waals surface area contributed by atoms with E-state index < -0.39 is 0 Å². The minimum atomic E-state index is 0. The number of aryl methyl sites for hydroxylation is 2. The molecule has 0 bridgehead atoms. The van der Waals surface area contributed by atoms with Crippen LogP contribution in [0.2, 0.25) is 0 Å². The quantitative estimate of drug-likeness (QED) is 0.434. The molecule has 5 rings (SSSR count). The zero-order chi connectivity index (χ0) is 23.4. The number of likely N-dealkylation sites (tertiary alicyclic amines) is 1. The molecule has 0 radical (unpaired) electrons. The van der Waals surface area contributed by atoms with Gasteiger partial charge in [0.05, 0.1) is 14.2 Å². The maximum atomic E-state index is 6.64. The van der Waals surface area contributed by atoms with Gasteiger partial charge in [0.2, 0.25) is 0 Å². The fourth-order valence-electron chi connectivity index (χ4n) is 6.13. The van der Waals surface area contributed by atoms with Crippen molar-refractivity contribution < 1.29 is 9.47 Å². The van der Waals surface area contributed by atoms with Gasteiger partial charge in [-0.1, -0.05) is 24.3 Å². The van der Waals surface area contributed by atoms with Crippen molar-refractivity contribution in [2.75, 3.05) is 34.4 Å². The molecule has 0 spiro atoms. The Morgan fingerprint density at radius 1 is 0.730 bits per heavy atom. The van der Waals surface area contributed by atoms with Gasteiger partial charge < -0.3 is 25.8 Å². The minimum absolute atomic E-state index is 0. The number of benzene rings is 2. The van der Waals surface area contributed by atoms with Crippen LogP contribution >= 0.6 is 49.6 Å². The molecule has 4 N–H and O–H groups in total. The summed E-state index contributed by atoms with van der Waals surface area (Å²) < 4.78 is 10.9. The van der Waals surface area contributed by atoms with Crippen LogP contribution in [0.1, 0.15) is 66.4 Å². The van der Waals surface area contributed by atoms with Gasteiger partial charge in [-0.15, -0.1) is 49.6 Å². The second-order valence-corrected chi connectivity index (χ2v) is 9.93. The van der Waals surface area contributed by atoms with Crippen molar-refractivity contribution in [3.63, 3.8) is 0 Å². The lowest BCUT2D eigenvalue weighted by molar-refractivity contribution is 0.143. The van der Waals surface area contributed by atoms with E-state index in [1.165, 1.54) is 61.0 Å². The zero-order valence-corrected chi connectivity index (χ0v) is 25.5. The molecular formula is C28H45Cl4N3O2. The molecule has 2 aliphatic carbocycles. The molecule has 1 saturated heterocycles. The molecule has 9 heteroatoms. The third-order valence-electron chi connectivity index (χ3n) is 8.00. The molecule has 2 aromatic rings. The van der Waals surface area contributed by atoms with Gasteiger partial charge in [0.1, 0.15) is 11.5 Å². The van der Waals surface area contributed by atoms with E-state index in [4.69, 9.17) is 20.9 Å². The van der Waals surface area contributed by atoms with Gasteiger partial charge in [-0.2, -0.15) is 0 Å². The first-order chi connectivity index (χ1) is 16.0. The van der Waals surface area contributed by atoms with E-state index in [-0.39, 0.29) is 61.7 Å². The number of piperidine rings is 1. The van der Waals surface area contributed by atoms with Crippen molar-refractivity contribution in [1.82, 2.24) is 4.90 Å². The maximum Gasteiger partial charge on any atom is 0.123 e. The van der Waals surface area contributed by atoms with E-state index in [0.29, 0.717) is 5.92 Å². The fourth-order valence-corrected chi connectivity index (χ4v) is 6.13. The van der Waals surface area contributed by atoms with Gasteiger partial charge in [-0.25, -0.2) is 0 Å². The van der Waals surface area contributed by atoms with Crippen LogP contribution in [0.5, 0.6) is 11.5 Å². The highest BCUT2D eigenvalue weighted by atomic mass is 35.5. The first-order valence-corrected chi connectivity index (χ1v) is 12.5. The van der Waals surface area contributed by atoms with Crippen LogP contribution in [0.3, 0.4) is 0 Å². The van der Waals surface area contributed by atoms with Crippen LogP contribution in [-0.2, 0) is 12.8 Å². The topological polar surface area (TPSA) is 73.7 Å². The minimum Gasteiger partial charge on any atom is -0.496 e. The molecule has 212 valence electrons. The molecule has 1 heterocycles. The predicted octanol–water partition coefficient (Wildman–Crippen LogP) is 6.32. The van der Waals surface area contributed by atoms with Gasteiger partial charge in [0, 0.05) is 23.2 Å². The first-order valence-electron chi connectivity index (χ1n) is 12.5. The number of fused-ring (bicyclic) bond motifs is 2. The van der Waals surface area contributed by atoms with E-state index in [1.54, 1.807) is 14.2 Å². The molecule has 3 aliphatic rings. The monoisotopic (exact) mass is 595 g/mol. The molecule has 0 aromatic heterocycles. The summed E-state index contributed by atoms with van der Waals surface area (Å²) in [6.07, 6.45) is 8.38. The normalized spacial score (nSPS) is 22.6. The molecule has 2 aromatic carbocycles. The summed E-state index contributed by atoms with van der Waals surface area (Å²) in [6, 6.07) is 12.8. The lowest BCUT2D eigenvalue weighted by atomic mass is 9.71. The Balaban J connectivity index is 0.000000676. The Hall–Kier alpha value is -0.920. The summed E-state index contributed by atoms with van der Waals surface area (Å²) in [5.41, 5.74) is 17.9. The van der Waals surface area contributed by atoms with Crippen LogP contribution in [0.25, 0.3) is 0 Å². The third-order valence-corrected chi connectivity index (χ3v) is 8.00. The number of rotatable bonds is 3. The second kappa shape index (κ2) is 16.9. The Bertz CT molecular complexity index is 913. The van der Waals surface area contributed by atoms with Crippen molar-refractivity contribution in [2.24, 2.45) is 23.3 Å². The first kappa shape index (κ1) is 36.1. The molecule has 1 aliphatic heterocycles. The fraction of sp³-hybridized carbons (Fsp3) is 0.571. The van der Waals surface area contributed by atoms with Crippen LogP contribution < -0.4 is 20.9 Å². The molecule has 3 atom stereocenters. The van der Waals surface area contributed by atoms with Crippen LogP contribution in [0.4, 0.5) is 0 Å². The van der Waals surface area contributed by atoms with E-state index >= 15 is 0 Å². The van der Waals surface area contributed by atoms with Gasteiger partial charge >= 0.3 is 0 Å². The summed E-state index contributed by atoms with van der Waals surface area (Å²) in [6.45, 7) is 2.43. The Morgan fingerprint density at radius 3 is 1.84 bits per heavy atom. The highest BCUT2D eigenvalue weighted by Gasteiger charge is 2.35. The van der Waals surface area contributed by atoms with Gasteiger partial charge in [-0.3, -0.25) is 0 Å². The summed E-state index contributed by atoms with van der Waals surface area (Å²) in [7, 11) is 5.67. The smallest absolute Gasteiger partial charge is 0.123 e. The van der Waals surface area contributed by atoms with Crippen LogP contribution in [-0.4, -0.2) is 39.3 Å². The predicted molar refractivity (Wildman–Crippen MR) is 164 cm³/mol. The molecule has 3 unspecified atom stereocenters. The van der Waals surface area contributed by atoms with Gasteiger partial charge in [0.15, 0.2) is 0 Å². The standard InChI is InChI=1S/C17H26N2O.C11H15NO.4ClH/c1-19-10-8-12(9-11-19)14-7-6-13-4-3-5-15(20-2)16(13)17(14)18;1-13-10-7-3-5-8-4-2-6-9(12)11(8)10;;;;/h3-5,12,14,17H,6-11,18H2,1-2H3;3,5,7,9H,2,4,6,12H2,1H3;4*1H. The number of hydrogen-bond donors (Lipinski definition) is 2. The average Bonchev–Trinajstić information content (AvgIpc) is 2.85. The summed E-state index contributed by atoms with van der Waals surface area (Å²) in [4.78, 5) is 2.43. The highest BCUT2D eigenvalue weighted by molar-refractivity contribution is 5.86. The lowest BCUT2D eigenvalue weighted by Gasteiger charge is -2.40. The van der Waals surface area contributed by atoms with E-state index in [0.717, 1.165) is 36.7 Å². The average molecular weight is 597 g/mol. The van der Waals surface area contributed by atoms with Crippen molar-refractivity contribution >= 4 is 49.6 Å². The zero-order valence-electron chi connectivity index (χ0n) is 22.2. The van der Waals surface area contributed by atoms with Crippen molar-refractivity contribution in [3.8, 4) is 11.5 Å². The number of nitrogens with zero attached hydrogens (tertiary/aromatic N) is 1. The lowest BCUT2D eigenvalue weighted by Crippen LogP contribution is -2.39. The Labute approximate surface area is 248 Å². The summed E-state index contributed by atoms with van der Waals surface area (Å²) in [5, 5.41) is 0. The number of halogens is 4. The number of nitrogens with two attached hydrogens (primary N) is 2. The molecule has 37 heavy (non-hydrogen) atoms. The third kappa shape index (κ3) is 8.28. The van der Waals surface area contributed by atoms with E-state index in [2.05, 4.69) is 36.2 Å². The molecule has 5 nitrogen and oxygen atoms in total. The number of ether oxygens (including phenoxy) is 2. The molecule has 0 amide bonds. The van der Waals surface area contributed by atoms with Crippen LogP contribution in [0.15, 0.2) is 36.4 Å². The molecular weight excluding hydrogens is 552 g/mol. The van der Waals surface area contributed by atoms with Crippen molar-refractivity contribution in [1.29, 1.82) is 0 Å². The van der Waals surface area contributed by atoms with Gasteiger partial charge in [0.25, 0.3) is 0 Å². The van der Waals surface area contributed by atoms with Crippen molar-refractivity contribution in [3.05, 3.63) is 58.7 Å². The largest absolute Gasteiger partial charge is 0.496 e. The SMILES string of the molecule is COc1cccc2c1C(N)C(C1CCN(C)CC1)CC2.COc1cccc2c1C(N)CCC2.Cl.Cl.Cl.Cl. The van der Waals surface area contributed by atoms with E-state index in [1.807, 2.05) is 12.1 Å². The van der Waals surface area contributed by atoms with Crippen molar-refractivity contribution in [2.45, 2.75) is 57.0 Å². The number of methoxy groups -OCH3 is 2. The maximum absolute atomic E-state index is 6.64. The molecule has 0 saturated carbocycles. The number of hydrogen-bond acceptors (Lipinski definition) is 5. The Morgan fingerprint density at radius 2 is 1.27 bits per heavy atom. The molecule has 1 fully saturated rings. The van der Waals surface area contributed by atoms with E-state index in [9.17, 15) is 0 Å². The summed E-state index contributed by atoms with van der Waals surface area (Å²) in [5.74, 6) is 3.32. The van der Waals surface area contributed by atoms with Crippen LogP contribution in [0, 0.1) is 11.8 Å². The summed E-state index contributed by atoms with van der Waals surface area (Å²) >= 11 is 0. The van der Waals surface area contributed by atoms with Gasteiger partial charge in [-0.05, 0) is 100 Å². The Kier molecular flexibility index (Phi) is 16.5. The second-order valence-electron chi connectivity index (χ2n) is 9.93.